The van der Waals surface area contributed by atoms with Crippen molar-refractivity contribution in [1.29, 1.82) is 0 Å². The molecule has 0 aliphatic carbocycles. The van der Waals surface area contributed by atoms with Crippen molar-refractivity contribution >= 4 is 11.3 Å². The van der Waals surface area contributed by atoms with Crippen molar-refractivity contribution in [1.82, 2.24) is 10.1 Å². The van der Waals surface area contributed by atoms with Gasteiger partial charge in [-0.2, -0.15) is 0 Å². The van der Waals surface area contributed by atoms with Gasteiger partial charge in [-0.1, -0.05) is 17.0 Å². The molecule has 128 valence electrons. The summed E-state index contributed by atoms with van der Waals surface area (Å²) in [4.78, 5) is 4.81. The highest BCUT2D eigenvalue weighted by Gasteiger charge is 2.30. The van der Waals surface area contributed by atoms with Crippen molar-refractivity contribution < 1.29 is 9.63 Å². The van der Waals surface area contributed by atoms with Crippen LogP contribution in [0.15, 0.2) is 16.7 Å². The van der Waals surface area contributed by atoms with Gasteiger partial charge in [-0.3, -0.25) is 4.90 Å². The van der Waals surface area contributed by atoms with Crippen LogP contribution in [0.3, 0.4) is 0 Å². The highest BCUT2D eigenvalue weighted by atomic mass is 32.1. The molecule has 0 radical (unpaired) electrons. The Hall–Kier alpha value is -1.61. The number of aliphatic hydroxyl groups is 1. The first-order valence-electron chi connectivity index (χ1n) is 8.34. The maximum Gasteiger partial charge on any atom is 0.138 e. The van der Waals surface area contributed by atoms with Gasteiger partial charge in [0, 0.05) is 23.0 Å². The molecule has 4 nitrogen and oxygen atoms in total. The summed E-state index contributed by atoms with van der Waals surface area (Å²) in [5, 5.41) is 13.8. The molecule has 0 unspecified atom stereocenters. The molecule has 5 heteroatoms. The second-order valence-corrected chi connectivity index (χ2v) is 8.11. The predicted octanol–water partition coefficient (Wildman–Crippen LogP) is 3.81. The van der Waals surface area contributed by atoms with Gasteiger partial charge in [0.1, 0.15) is 11.4 Å². The average molecular weight is 344 g/mol. The maximum absolute atomic E-state index is 9.72. The van der Waals surface area contributed by atoms with Crippen LogP contribution in [0.4, 0.5) is 0 Å². The third kappa shape index (κ3) is 3.89. The quantitative estimate of drug-likeness (QED) is 0.860. The van der Waals surface area contributed by atoms with Crippen LogP contribution in [-0.2, 0) is 6.54 Å². The number of likely N-dealkylation sites (tertiary alicyclic amines) is 1. The molecule has 1 N–H and O–H groups in total. The molecular weight excluding hydrogens is 320 g/mol. The van der Waals surface area contributed by atoms with Crippen molar-refractivity contribution in [3.8, 4) is 11.8 Å². The molecular formula is C19H24N2O2S. The first-order chi connectivity index (χ1) is 11.3. The van der Waals surface area contributed by atoms with E-state index in [0.717, 1.165) is 35.8 Å². The molecule has 0 spiro atoms. The van der Waals surface area contributed by atoms with Gasteiger partial charge in [0.15, 0.2) is 0 Å². The van der Waals surface area contributed by atoms with Gasteiger partial charge in [-0.05, 0) is 59.2 Å². The largest absolute Gasteiger partial charge is 0.378 e. The molecule has 2 aromatic heterocycles. The SMILES string of the molecule is Cc1noc(C)c1[C@H]1CCCN1Cc1ccc(C#CC(C)(C)O)s1. The predicted molar refractivity (Wildman–Crippen MR) is 95.9 cm³/mol. The van der Waals surface area contributed by atoms with Crippen LogP contribution in [0.1, 0.15) is 59.5 Å². The number of hydrogen-bond acceptors (Lipinski definition) is 5. The van der Waals surface area contributed by atoms with Crippen LogP contribution in [0.5, 0.6) is 0 Å². The normalized spacial score (nSPS) is 18.6. The van der Waals surface area contributed by atoms with Crippen molar-refractivity contribution in [2.45, 2.75) is 58.7 Å². The smallest absolute Gasteiger partial charge is 0.138 e. The molecule has 1 aliphatic heterocycles. The Morgan fingerprint density at radius 3 is 2.88 bits per heavy atom. The summed E-state index contributed by atoms with van der Waals surface area (Å²) < 4.78 is 5.36. The molecule has 0 saturated carbocycles. The van der Waals surface area contributed by atoms with Gasteiger partial charge in [-0.15, -0.1) is 11.3 Å². The third-order valence-electron chi connectivity index (χ3n) is 4.30. The van der Waals surface area contributed by atoms with Gasteiger partial charge in [0.2, 0.25) is 0 Å². The van der Waals surface area contributed by atoms with E-state index in [1.807, 2.05) is 19.9 Å². The van der Waals surface area contributed by atoms with Gasteiger partial charge in [-0.25, -0.2) is 0 Å². The minimum Gasteiger partial charge on any atom is -0.378 e. The van der Waals surface area contributed by atoms with Gasteiger partial charge >= 0.3 is 0 Å². The topological polar surface area (TPSA) is 49.5 Å². The monoisotopic (exact) mass is 344 g/mol. The standard InChI is InChI=1S/C19H24N2O2S/c1-13-18(14(2)23-20-13)17-6-5-11-21(17)12-16-8-7-15(24-16)9-10-19(3,4)22/h7-8,17,22H,5-6,11-12H2,1-4H3/t17-/m1/s1. The zero-order valence-electron chi connectivity index (χ0n) is 14.7. The molecule has 3 heterocycles. The number of aromatic nitrogens is 1. The van der Waals surface area contributed by atoms with E-state index in [2.05, 4.69) is 28.0 Å². The van der Waals surface area contributed by atoms with Gasteiger partial charge in [0.25, 0.3) is 0 Å². The zero-order valence-corrected chi connectivity index (χ0v) is 15.5. The molecule has 2 aromatic rings. The molecule has 1 saturated heterocycles. The number of aryl methyl sites for hydroxylation is 2. The number of thiophene rings is 1. The second kappa shape index (κ2) is 6.72. The Kier molecular flexibility index (Phi) is 4.82. The van der Waals surface area contributed by atoms with Crippen molar-refractivity contribution in [2.24, 2.45) is 0 Å². The van der Waals surface area contributed by atoms with E-state index in [9.17, 15) is 5.11 Å². The molecule has 1 aliphatic rings. The van der Waals surface area contributed by atoms with Crippen LogP contribution in [0, 0.1) is 25.7 Å². The van der Waals surface area contributed by atoms with Crippen LogP contribution < -0.4 is 0 Å². The van der Waals surface area contributed by atoms with Crippen molar-refractivity contribution in [3.63, 3.8) is 0 Å². The van der Waals surface area contributed by atoms with E-state index in [0.29, 0.717) is 6.04 Å². The summed E-state index contributed by atoms with van der Waals surface area (Å²) >= 11 is 1.70. The Morgan fingerprint density at radius 2 is 2.21 bits per heavy atom. The lowest BCUT2D eigenvalue weighted by molar-refractivity contribution is 0.143. The van der Waals surface area contributed by atoms with E-state index in [-0.39, 0.29) is 0 Å². The summed E-state index contributed by atoms with van der Waals surface area (Å²) in [5.74, 6) is 6.87. The van der Waals surface area contributed by atoms with Crippen molar-refractivity contribution in [3.05, 3.63) is 38.9 Å². The van der Waals surface area contributed by atoms with Crippen LogP contribution in [0.25, 0.3) is 0 Å². The highest BCUT2D eigenvalue weighted by molar-refractivity contribution is 7.12. The fraction of sp³-hybridized carbons (Fsp3) is 0.526. The molecule has 1 atom stereocenters. The molecule has 24 heavy (non-hydrogen) atoms. The summed E-state index contributed by atoms with van der Waals surface area (Å²) in [6.45, 7) is 9.44. The Labute approximate surface area is 147 Å². The summed E-state index contributed by atoms with van der Waals surface area (Å²) in [5.41, 5.74) is 1.31. The Bertz CT molecular complexity index is 754. The Balaban J connectivity index is 1.74. The van der Waals surface area contributed by atoms with E-state index in [1.54, 1.807) is 25.2 Å². The van der Waals surface area contributed by atoms with Crippen LogP contribution >= 0.6 is 11.3 Å². The molecule has 3 rings (SSSR count). The van der Waals surface area contributed by atoms with Crippen LogP contribution in [-0.4, -0.2) is 27.3 Å². The van der Waals surface area contributed by atoms with E-state index in [4.69, 9.17) is 4.52 Å². The minimum atomic E-state index is -0.951. The van der Waals surface area contributed by atoms with E-state index >= 15 is 0 Å². The molecule has 0 aromatic carbocycles. The summed E-state index contributed by atoms with van der Waals surface area (Å²) in [6.07, 6.45) is 2.35. The first kappa shape index (κ1) is 17.2. The first-order valence-corrected chi connectivity index (χ1v) is 9.16. The minimum absolute atomic E-state index is 0.393. The highest BCUT2D eigenvalue weighted by Crippen LogP contribution is 2.37. The number of nitrogens with zero attached hydrogens (tertiary/aromatic N) is 2. The van der Waals surface area contributed by atoms with Crippen molar-refractivity contribution in [2.75, 3.05) is 6.54 Å². The average Bonchev–Trinajstić information content (AvgIpc) is 3.19. The summed E-state index contributed by atoms with van der Waals surface area (Å²) in [6, 6.07) is 4.57. The fourth-order valence-electron chi connectivity index (χ4n) is 3.25. The maximum atomic E-state index is 9.72. The van der Waals surface area contributed by atoms with Gasteiger partial charge in [0.05, 0.1) is 10.6 Å². The lowest BCUT2D eigenvalue weighted by atomic mass is 10.0. The third-order valence-corrected chi connectivity index (χ3v) is 5.28. The van der Waals surface area contributed by atoms with Gasteiger partial charge < -0.3 is 9.63 Å². The van der Waals surface area contributed by atoms with E-state index in [1.165, 1.54) is 16.9 Å². The number of rotatable bonds is 3. The lowest BCUT2D eigenvalue weighted by Crippen LogP contribution is -2.23. The van der Waals surface area contributed by atoms with Crippen LogP contribution in [0.2, 0.25) is 0 Å². The molecule has 1 fully saturated rings. The summed E-state index contributed by atoms with van der Waals surface area (Å²) in [7, 11) is 0. The zero-order chi connectivity index (χ0) is 17.3. The fourth-order valence-corrected chi connectivity index (χ4v) is 4.14. The second-order valence-electron chi connectivity index (χ2n) is 6.94. The molecule has 0 amide bonds. The Morgan fingerprint density at radius 1 is 1.42 bits per heavy atom. The molecule has 0 bridgehead atoms. The lowest BCUT2D eigenvalue weighted by Gasteiger charge is -2.23. The van der Waals surface area contributed by atoms with E-state index < -0.39 is 5.60 Å². The number of hydrogen-bond donors (Lipinski definition) is 1.